The van der Waals surface area contributed by atoms with Crippen molar-refractivity contribution >= 4 is 0 Å². The number of piperidine rings is 1. The van der Waals surface area contributed by atoms with Crippen molar-refractivity contribution in [2.45, 2.75) is 37.5 Å². The first-order valence-corrected chi connectivity index (χ1v) is 6.71. The Labute approximate surface area is 107 Å². The van der Waals surface area contributed by atoms with E-state index in [1.165, 1.54) is 5.69 Å². The summed E-state index contributed by atoms with van der Waals surface area (Å²) in [6.45, 7) is 3.34. The van der Waals surface area contributed by atoms with Crippen LogP contribution in [0.3, 0.4) is 0 Å². The van der Waals surface area contributed by atoms with Crippen molar-refractivity contribution in [3.63, 3.8) is 0 Å². The van der Waals surface area contributed by atoms with Crippen LogP contribution in [0, 0.1) is 0 Å². The van der Waals surface area contributed by atoms with Crippen LogP contribution in [0.1, 0.15) is 25.0 Å². The highest BCUT2D eigenvalue weighted by Crippen LogP contribution is 2.36. The average Bonchev–Trinajstić information content (AvgIpc) is 2.96. The Bertz CT molecular complexity index is 412. The molecule has 18 heavy (non-hydrogen) atoms. The maximum atomic E-state index is 10.3. The predicted molar refractivity (Wildman–Crippen MR) is 67.0 cm³/mol. The molecule has 5 nitrogen and oxygen atoms in total. The van der Waals surface area contributed by atoms with E-state index < -0.39 is 0 Å². The zero-order valence-corrected chi connectivity index (χ0v) is 10.9. The molecule has 0 saturated carbocycles. The lowest BCUT2D eigenvalue weighted by atomic mass is 9.86. The zero-order valence-electron chi connectivity index (χ0n) is 10.9. The van der Waals surface area contributed by atoms with E-state index in [1.54, 1.807) is 0 Å². The van der Waals surface area contributed by atoms with Gasteiger partial charge in [-0.1, -0.05) is 0 Å². The van der Waals surface area contributed by atoms with Crippen LogP contribution >= 0.6 is 0 Å². The molecule has 1 spiro atoms. The molecule has 2 fully saturated rings. The quantitative estimate of drug-likeness (QED) is 0.833. The molecule has 0 amide bonds. The van der Waals surface area contributed by atoms with Crippen LogP contribution in [-0.2, 0) is 18.3 Å². The molecule has 0 radical (unpaired) electrons. The summed E-state index contributed by atoms with van der Waals surface area (Å²) in [6, 6.07) is 2.03. The molecule has 0 aliphatic carbocycles. The number of aryl methyl sites for hydroxylation is 1. The van der Waals surface area contributed by atoms with Gasteiger partial charge in [0.1, 0.15) is 0 Å². The Hall–Kier alpha value is -0.910. The normalized spacial score (nSPS) is 33.3. The van der Waals surface area contributed by atoms with Crippen LogP contribution in [0.2, 0.25) is 0 Å². The first kappa shape index (κ1) is 12.1. The summed E-state index contributed by atoms with van der Waals surface area (Å²) in [6.07, 6.45) is 4.48. The Morgan fingerprint density at radius 1 is 1.56 bits per heavy atom. The van der Waals surface area contributed by atoms with Gasteiger partial charge in [0.25, 0.3) is 0 Å². The topological polar surface area (TPSA) is 50.5 Å². The number of hydrogen-bond donors (Lipinski definition) is 1. The van der Waals surface area contributed by atoms with Crippen LogP contribution in [0.4, 0.5) is 0 Å². The molecule has 3 rings (SSSR count). The maximum absolute atomic E-state index is 10.3. The van der Waals surface area contributed by atoms with E-state index in [0.717, 1.165) is 39.0 Å². The third-order valence-electron chi connectivity index (χ3n) is 4.33. The number of aliphatic hydroxyl groups is 1. The van der Waals surface area contributed by atoms with E-state index in [4.69, 9.17) is 4.74 Å². The fourth-order valence-corrected chi connectivity index (χ4v) is 3.12. The lowest BCUT2D eigenvalue weighted by Gasteiger charge is -2.42. The largest absolute Gasteiger partial charge is 0.389 e. The number of ether oxygens (including phenoxy) is 1. The van der Waals surface area contributed by atoms with Gasteiger partial charge in [-0.15, -0.1) is 0 Å². The Kier molecular flexibility index (Phi) is 3.13. The highest BCUT2D eigenvalue weighted by Gasteiger charge is 2.45. The van der Waals surface area contributed by atoms with Gasteiger partial charge in [-0.25, -0.2) is 0 Å². The number of aliphatic hydroxyl groups excluding tert-OH is 1. The molecule has 0 aromatic carbocycles. The number of likely N-dealkylation sites (tertiary alicyclic amines) is 1. The minimum Gasteiger partial charge on any atom is -0.389 e. The van der Waals surface area contributed by atoms with E-state index in [1.807, 2.05) is 24.0 Å². The summed E-state index contributed by atoms with van der Waals surface area (Å²) in [5, 5.41) is 14.5. The summed E-state index contributed by atoms with van der Waals surface area (Å²) in [4.78, 5) is 2.29. The number of nitrogens with zero attached hydrogens (tertiary/aromatic N) is 3. The van der Waals surface area contributed by atoms with Gasteiger partial charge >= 0.3 is 0 Å². The summed E-state index contributed by atoms with van der Waals surface area (Å²) in [5.74, 6) is 0. The average molecular weight is 251 g/mol. The van der Waals surface area contributed by atoms with Crippen LogP contribution < -0.4 is 0 Å². The molecular weight excluding hydrogens is 230 g/mol. The number of aromatic nitrogens is 2. The van der Waals surface area contributed by atoms with Crippen molar-refractivity contribution in [3.8, 4) is 0 Å². The van der Waals surface area contributed by atoms with Gasteiger partial charge in [0.2, 0.25) is 0 Å². The first-order valence-electron chi connectivity index (χ1n) is 6.71. The van der Waals surface area contributed by atoms with Crippen molar-refractivity contribution in [1.82, 2.24) is 14.7 Å². The third kappa shape index (κ3) is 2.06. The van der Waals surface area contributed by atoms with Gasteiger partial charge in [-0.05, 0) is 25.3 Å². The van der Waals surface area contributed by atoms with Crippen molar-refractivity contribution in [1.29, 1.82) is 0 Å². The van der Waals surface area contributed by atoms with E-state index in [9.17, 15) is 5.11 Å². The predicted octanol–water partition coefficient (Wildman–Crippen LogP) is 0.536. The molecule has 100 valence electrons. The Morgan fingerprint density at radius 3 is 3.06 bits per heavy atom. The van der Waals surface area contributed by atoms with Gasteiger partial charge in [0.05, 0.1) is 17.4 Å². The van der Waals surface area contributed by atoms with Crippen LogP contribution in [0.25, 0.3) is 0 Å². The van der Waals surface area contributed by atoms with Crippen molar-refractivity contribution in [3.05, 3.63) is 18.0 Å². The minimum absolute atomic E-state index is 0.247. The molecular formula is C13H21N3O2. The molecule has 5 heteroatoms. The van der Waals surface area contributed by atoms with Crippen LogP contribution in [0.5, 0.6) is 0 Å². The molecule has 2 saturated heterocycles. The Morgan fingerprint density at radius 2 is 2.44 bits per heavy atom. The van der Waals surface area contributed by atoms with E-state index in [2.05, 4.69) is 10.00 Å². The number of rotatable bonds is 2. The number of β-amino-alcohol motifs (C(OH)–C–C–N with tert-alkyl or cyclic N) is 1. The second-order valence-electron chi connectivity index (χ2n) is 5.46. The highest BCUT2D eigenvalue weighted by molar-refractivity contribution is 5.03. The molecule has 1 N–H and O–H groups in total. The summed E-state index contributed by atoms with van der Waals surface area (Å²) >= 11 is 0. The summed E-state index contributed by atoms with van der Waals surface area (Å²) < 4.78 is 7.70. The third-order valence-corrected chi connectivity index (χ3v) is 4.33. The van der Waals surface area contributed by atoms with E-state index in [-0.39, 0.29) is 11.7 Å². The molecule has 0 unspecified atom stereocenters. The first-order chi connectivity index (χ1) is 8.70. The Balaban J connectivity index is 1.63. The summed E-state index contributed by atoms with van der Waals surface area (Å²) in [7, 11) is 1.96. The lowest BCUT2D eigenvalue weighted by Crippen LogP contribution is -2.54. The fraction of sp³-hybridized carbons (Fsp3) is 0.769. The summed E-state index contributed by atoms with van der Waals surface area (Å²) in [5.41, 5.74) is 0.939. The molecule has 0 bridgehead atoms. The SMILES string of the molecule is Cn1nccc1CN1CC[C@@]2(CCCO2)[C@@H](O)C1. The van der Waals surface area contributed by atoms with Gasteiger partial charge in [-0.3, -0.25) is 9.58 Å². The monoisotopic (exact) mass is 251 g/mol. The second-order valence-corrected chi connectivity index (χ2v) is 5.46. The van der Waals surface area contributed by atoms with E-state index >= 15 is 0 Å². The van der Waals surface area contributed by atoms with Crippen molar-refractivity contribution < 1.29 is 9.84 Å². The van der Waals surface area contributed by atoms with Crippen LogP contribution in [0.15, 0.2) is 12.3 Å². The molecule has 3 heterocycles. The highest BCUT2D eigenvalue weighted by atomic mass is 16.5. The number of hydrogen-bond acceptors (Lipinski definition) is 4. The van der Waals surface area contributed by atoms with Gasteiger partial charge in [0.15, 0.2) is 0 Å². The van der Waals surface area contributed by atoms with Crippen molar-refractivity contribution in [2.24, 2.45) is 7.05 Å². The maximum Gasteiger partial charge on any atom is 0.0965 e. The molecule has 2 atom stereocenters. The smallest absolute Gasteiger partial charge is 0.0965 e. The standard InChI is InChI=1S/C13H21N3O2/c1-15-11(3-6-14-15)9-16-7-5-13(12(17)10-16)4-2-8-18-13/h3,6,12,17H,2,4-5,7-10H2,1H3/t12-,13-/m0/s1. The minimum atomic E-state index is -0.359. The zero-order chi connectivity index (χ0) is 12.6. The fourth-order valence-electron chi connectivity index (χ4n) is 3.12. The van der Waals surface area contributed by atoms with E-state index in [0.29, 0.717) is 6.54 Å². The molecule has 1 aromatic rings. The van der Waals surface area contributed by atoms with Gasteiger partial charge in [-0.2, -0.15) is 5.10 Å². The van der Waals surface area contributed by atoms with Crippen molar-refractivity contribution in [2.75, 3.05) is 19.7 Å². The molecule has 2 aliphatic rings. The molecule has 1 aromatic heterocycles. The van der Waals surface area contributed by atoms with Gasteiger partial charge < -0.3 is 9.84 Å². The molecule has 2 aliphatic heterocycles. The lowest BCUT2D eigenvalue weighted by molar-refractivity contribution is -0.130. The van der Waals surface area contributed by atoms with Crippen LogP contribution in [-0.4, -0.2) is 51.2 Å². The second kappa shape index (κ2) is 4.64. The van der Waals surface area contributed by atoms with Gasteiger partial charge in [0, 0.05) is 39.5 Å².